The third-order valence-corrected chi connectivity index (χ3v) is 6.65. The summed E-state index contributed by atoms with van der Waals surface area (Å²) >= 11 is 6.19. The highest BCUT2D eigenvalue weighted by atomic mass is 35.5. The topological polar surface area (TPSA) is 105 Å². The van der Waals surface area contributed by atoms with Gasteiger partial charge in [0.15, 0.2) is 0 Å². The van der Waals surface area contributed by atoms with Gasteiger partial charge in [0, 0.05) is 12.6 Å². The molecule has 0 unspecified atom stereocenters. The minimum absolute atomic E-state index is 0.0937. The molecular weight excluding hydrogens is 494 g/mol. The Hall–Kier alpha value is -2.98. The monoisotopic (exact) mass is 525 g/mol. The van der Waals surface area contributed by atoms with Crippen molar-refractivity contribution in [3.05, 3.63) is 53.1 Å². The summed E-state index contributed by atoms with van der Waals surface area (Å²) in [5, 5.41) is 3.00. The summed E-state index contributed by atoms with van der Waals surface area (Å²) in [6, 6.07) is 10.5. The lowest BCUT2D eigenvalue weighted by Crippen LogP contribution is -2.52. The molecule has 35 heavy (non-hydrogen) atoms. The van der Waals surface area contributed by atoms with Crippen LogP contribution in [0.15, 0.2) is 42.5 Å². The van der Waals surface area contributed by atoms with Crippen LogP contribution in [0, 0.1) is 0 Å². The zero-order chi connectivity index (χ0) is 26.3. The summed E-state index contributed by atoms with van der Waals surface area (Å²) < 4.78 is 36.5. The largest absolute Gasteiger partial charge is 0.497 e. The normalized spacial score (nSPS) is 12.1. The first-order valence-electron chi connectivity index (χ1n) is 10.9. The first kappa shape index (κ1) is 28.3. The Labute approximate surface area is 212 Å². The molecule has 0 saturated heterocycles. The van der Waals surface area contributed by atoms with Crippen LogP contribution in [0.1, 0.15) is 26.3 Å². The second kappa shape index (κ2) is 12.1. The van der Waals surface area contributed by atoms with E-state index in [4.69, 9.17) is 21.1 Å². The van der Waals surface area contributed by atoms with E-state index in [-0.39, 0.29) is 29.2 Å². The first-order valence-corrected chi connectivity index (χ1v) is 13.1. The van der Waals surface area contributed by atoms with Gasteiger partial charge in [-0.3, -0.25) is 13.9 Å². The van der Waals surface area contributed by atoms with E-state index in [9.17, 15) is 18.0 Å². The van der Waals surface area contributed by atoms with Crippen molar-refractivity contribution in [1.29, 1.82) is 0 Å². The quantitative estimate of drug-likeness (QED) is 0.483. The molecule has 9 nitrogen and oxygen atoms in total. The number of anilines is 1. The lowest BCUT2D eigenvalue weighted by atomic mass is 10.1. The minimum atomic E-state index is -3.86. The van der Waals surface area contributed by atoms with Crippen LogP contribution < -0.4 is 19.1 Å². The van der Waals surface area contributed by atoms with Crippen LogP contribution in [0.4, 0.5) is 5.69 Å². The maximum atomic E-state index is 13.5. The Morgan fingerprint density at radius 1 is 1.03 bits per heavy atom. The summed E-state index contributed by atoms with van der Waals surface area (Å²) in [4.78, 5) is 27.6. The van der Waals surface area contributed by atoms with Gasteiger partial charge in [0.1, 0.15) is 24.1 Å². The number of carbonyl (C=O) groups excluding carboxylic acids is 2. The molecule has 0 aliphatic rings. The van der Waals surface area contributed by atoms with Gasteiger partial charge >= 0.3 is 0 Å². The maximum absolute atomic E-state index is 13.5. The average Bonchev–Trinajstić information content (AvgIpc) is 2.79. The van der Waals surface area contributed by atoms with Crippen molar-refractivity contribution in [2.24, 2.45) is 0 Å². The Morgan fingerprint density at radius 2 is 1.66 bits per heavy atom. The molecule has 0 bridgehead atoms. The predicted molar refractivity (Wildman–Crippen MR) is 136 cm³/mol. The highest BCUT2D eigenvalue weighted by Crippen LogP contribution is 2.30. The third-order valence-electron chi connectivity index (χ3n) is 5.21. The molecule has 0 radical (unpaired) electrons. The average molecular weight is 526 g/mol. The molecule has 0 aliphatic carbocycles. The van der Waals surface area contributed by atoms with Gasteiger partial charge in [-0.15, -0.1) is 0 Å². The van der Waals surface area contributed by atoms with E-state index in [1.165, 1.54) is 30.2 Å². The number of methoxy groups -OCH3 is 2. The predicted octanol–water partition coefficient (Wildman–Crippen LogP) is 3.07. The number of sulfonamides is 1. The summed E-state index contributed by atoms with van der Waals surface area (Å²) in [7, 11) is -0.867. The third kappa shape index (κ3) is 7.76. The van der Waals surface area contributed by atoms with Crippen molar-refractivity contribution in [2.75, 3.05) is 31.3 Å². The fourth-order valence-electron chi connectivity index (χ4n) is 3.34. The van der Waals surface area contributed by atoms with Crippen LogP contribution in [0.2, 0.25) is 5.02 Å². The zero-order valence-corrected chi connectivity index (χ0v) is 22.3. The van der Waals surface area contributed by atoms with Crippen molar-refractivity contribution in [2.45, 2.75) is 39.4 Å². The van der Waals surface area contributed by atoms with E-state index in [1.54, 1.807) is 38.3 Å². The minimum Gasteiger partial charge on any atom is -0.497 e. The molecule has 0 aliphatic heterocycles. The number of benzene rings is 2. The Morgan fingerprint density at radius 3 is 2.14 bits per heavy atom. The molecule has 2 aromatic rings. The number of ether oxygens (including phenoxy) is 2. The van der Waals surface area contributed by atoms with E-state index >= 15 is 0 Å². The Kier molecular flexibility index (Phi) is 9.79. The molecule has 192 valence electrons. The number of nitrogens with zero attached hydrogens (tertiary/aromatic N) is 2. The fourth-order valence-corrected chi connectivity index (χ4v) is 4.43. The fraction of sp³-hybridized carbons (Fsp3) is 0.417. The van der Waals surface area contributed by atoms with Gasteiger partial charge < -0.3 is 19.7 Å². The van der Waals surface area contributed by atoms with Gasteiger partial charge in [-0.05, 0) is 56.7 Å². The summed E-state index contributed by atoms with van der Waals surface area (Å²) in [5.74, 6) is 0.122. The molecule has 0 saturated carbocycles. The summed E-state index contributed by atoms with van der Waals surface area (Å²) in [6.07, 6.45) is 1.00. The lowest BCUT2D eigenvalue weighted by molar-refractivity contribution is -0.139. The molecule has 2 rings (SSSR count). The van der Waals surface area contributed by atoms with Gasteiger partial charge in [0.25, 0.3) is 0 Å². The SMILES string of the molecule is COc1ccc(CN(C(=O)CN(c2ccc(OC)c(Cl)c2)S(C)(=O)=O)[C@@H](C)C(=O)NC(C)C)cc1. The molecule has 11 heteroatoms. The van der Waals surface area contributed by atoms with Crippen LogP contribution in [0.25, 0.3) is 0 Å². The number of halogens is 1. The number of hydrogen-bond donors (Lipinski definition) is 1. The zero-order valence-electron chi connectivity index (χ0n) is 20.7. The van der Waals surface area contributed by atoms with E-state index in [1.807, 2.05) is 13.8 Å². The summed E-state index contributed by atoms with van der Waals surface area (Å²) in [5.41, 5.74) is 0.956. The smallest absolute Gasteiger partial charge is 0.244 e. The number of carbonyl (C=O) groups is 2. The molecule has 0 spiro atoms. The summed E-state index contributed by atoms with van der Waals surface area (Å²) in [6.45, 7) is 4.82. The van der Waals surface area contributed by atoms with Crippen molar-refractivity contribution in [1.82, 2.24) is 10.2 Å². The highest BCUT2D eigenvalue weighted by Gasteiger charge is 2.30. The second-order valence-electron chi connectivity index (χ2n) is 8.30. The Balaban J connectivity index is 2.41. The molecule has 2 aromatic carbocycles. The van der Waals surface area contributed by atoms with Crippen molar-refractivity contribution >= 4 is 39.1 Å². The number of hydrogen-bond acceptors (Lipinski definition) is 6. The first-order chi connectivity index (χ1) is 16.4. The van der Waals surface area contributed by atoms with Gasteiger partial charge in [-0.25, -0.2) is 8.42 Å². The van der Waals surface area contributed by atoms with E-state index in [0.717, 1.165) is 16.1 Å². The number of nitrogens with one attached hydrogen (secondary N) is 1. The molecular formula is C24H32ClN3O6S. The lowest BCUT2D eigenvalue weighted by Gasteiger charge is -2.32. The van der Waals surface area contributed by atoms with E-state index in [2.05, 4.69) is 5.32 Å². The molecule has 0 aromatic heterocycles. The van der Waals surface area contributed by atoms with Crippen molar-refractivity contribution in [3.8, 4) is 11.5 Å². The van der Waals surface area contributed by atoms with Gasteiger partial charge in [0.05, 0.1) is 31.2 Å². The molecule has 0 fully saturated rings. The van der Waals surface area contributed by atoms with Crippen LogP contribution in [0.3, 0.4) is 0 Å². The highest BCUT2D eigenvalue weighted by molar-refractivity contribution is 7.92. The Bertz CT molecular complexity index is 1140. The van der Waals surface area contributed by atoms with E-state index in [0.29, 0.717) is 11.5 Å². The number of rotatable bonds is 11. The van der Waals surface area contributed by atoms with Crippen LogP contribution in [-0.2, 0) is 26.2 Å². The van der Waals surface area contributed by atoms with Gasteiger partial charge in [-0.2, -0.15) is 0 Å². The van der Waals surface area contributed by atoms with Crippen LogP contribution in [0.5, 0.6) is 11.5 Å². The molecule has 1 atom stereocenters. The standard InChI is InChI=1S/C24H32ClN3O6S/c1-16(2)26-24(30)17(3)27(14-18-7-10-20(33-4)11-8-18)23(29)15-28(35(6,31)32)19-9-12-22(34-5)21(25)13-19/h7-13,16-17H,14-15H2,1-6H3,(H,26,30)/t17-/m0/s1. The molecule has 1 N–H and O–H groups in total. The van der Waals surface area contributed by atoms with Gasteiger partial charge in [0.2, 0.25) is 21.8 Å². The van der Waals surface area contributed by atoms with Crippen molar-refractivity contribution < 1.29 is 27.5 Å². The maximum Gasteiger partial charge on any atom is 0.244 e. The van der Waals surface area contributed by atoms with Crippen LogP contribution >= 0.6 is 11.6 Å². The van der Waals surface area contributed by atoms with Crippen molar-refractivity contribution in [3.63, 3.8) is 0 Å². The molecule has 2 amide bonds. The van der Waals surface area contributed by atoms with Gasteiger partial charge in [-0.1, -0.05) is 23.7 Å². The second-order valence-corrected chi connectivity index (χ2v) is 10.6. The molecule has 0 heterocycles. The van der Waals surface area contributed by atoms with Crippen LogP contribution in [-0.4, -0.2) is 64.2 Å². The van der Waals surface area contributed by atoms with E-state index < -0.39 is 28.5 Å². The number of amides is 2.